The first-order chi connectivity index (χ1) is 2.80. The van der Waals surface area contributed by atoms with Crippen LogP contribution in [0.5, 0.6) is 0 Å². The largest absolute Gasteiger partial charge is 0.246 e. The number of nitrogens with one attached hydrogen (secondary N) is 2. The summed E-state index contributed by atoms with van der Waals surface area (Å²) in [7, 11) is -2.06. The fourth-order valence-electron chi connectivity index (χ4n) is 0.109. The van der Waals surface area contributed by atoms with Crippen LogP contribution in [0.2, 0.25) is 0 Å². The van der Waals surface area contributed by atoms with Gasteiger partial charge in [-0.3, -0.25) is 0 Å². The third kappa shape index (κ3) is 0.563. The van der Waals surface area contributed by atoms with Crippen LogP contribution in [0.15, 0.2) is 0 Å². The van der Waals surface area contributed by atoms with Crippen LogP contribution in [0.25, 0.3) is 0 Å². The van der Waals surface area contributed by atoms with Crippen LogP contribution >= 0.6 is 0 Å². The standard InChI is InChI=1S/CH2N2O2S/c4-6(5)1-2-3-1/h2-3H. The summed E-state index contributed by atoms with van der Waals surface area (Å²) in [5.74, 6) is 0. The van der Waals surface area contributed by atoms with Gasteiger partial charge in [-0.1, -0.05) is 0 Å². The molecule has 0 bridgehead atoms. The van der Waals surface area contributed by atoms with Gasteiger partial charge in [-0.05, 0) is 0 Å². The average Bonchev–Trinajstić information content (AvgIpc) is 2.06. The van der Waals surface area contributed by atoms with Crippen molar-refractivity contribution >= 4 is 15.4 Å². The van der Waals surface area contributed by atoms with Gasteiger partial charge < -0.3 is 0 Å². The van der Waals surface area contributed by atoms with E-state index in [0.717, 1.165) is 0 Å². The third-order valence-electron chi connectivity index (χ3n) is 0.394. The molecule has 4 nitrogen and oxygen atoms in total. The zero-order valence-electron chi connectivity index (χ0n) is 2.72. The number of hydrogen-bond acceptors (Lipinski definition) is 2. The van der Waals surface area contributed by atoms with Crippen molar-refractivity contribution < 1.29 is 8.42 Å². The summed E-state index contributed by atoms with van der Waals surface area (Å²) in [4.78, 5) is 0. The minimum absolute atomic E-state index is 0.176. The van der Waals surface area contributed by atoms with Crippen LogP contribution in [-0.2, 0) is 10.3 Å². The van der Waals surface area contributed by atoms with Gasteiger partial charge in [-0.25, -0.2) is 0 Å². The van der Waals surface area contributed by atoms with Gasteiger partial charge in [-0.2, -0.15) is 19.3 Å². The van der Waals surface area contributed by atoms with Crippen LogP contribution in [0.3, 0.4) is 0 Å². The second-order valence-corrected chi connectivity index (χ2v) is 1.69. The molecule has 0 saturated carbocycles. The second kappa shape index (κ2) is 1.04. The lowest BCUT2D eigenvalue weighted by Gasteiger charge is -1.36. The van der Waals surface area contributed by atoms with Gasteiger partial charge in [0.25, 0.3) is 0 Å². The van der Waals surface area contributed by atoms with Gasteiger partial charge >= 0.3 is 0 Å². The molecule has 0 atom stereocenters. The molecule has 0 radical (unpaired) electrons. The lowest BCUT2D eigenvalue weighted by molar-refractivity contribution is 0.627. The predicted molar refractivity (Wildman–Crippen MR) is 20.2 cm³/mol. The van der Waals surface area contributed by atoms with Crippen molar-refractivity contribution in [1.82, 2.24) is 10.9 Å². The van der Waals surface area contributed by atoms with Crippen LogP contribution in [0.4, 0.5) is 0 Å². The third-order valence-corrected chi connectivity index (χ3v) is 0.931. The normalized spacial score (nSPS) is 17.7. The maximum Gasteiger partial charge on any atom is 0.246 e. The van der Waals surface area contributed by atoms with Crippen LogP contribution in [0.1, 0.15) is 0 Å². The Morgan fingerprint density at radius 2 is 1.83 bits per heavy atom. The second-order valence-electron chi connectivity index (χ2n) is 0.814. The molecule has 0 aromatic heterocycles. The summed E-state index contributed by atoms with van der Waals surface area (Å²) in [5.41, 5.74) is 4.58. The SMILES string of the molecule is O=S(=O)=C1NN1. The Hall–Kier alpha value is -0.390. The van der Waals surface area contributed by atoms with E-state index in [9.17, 15) is 8.42 Å². The predicted octanol–water partition coefficient (Wildman–Crippen LogP) is -1.94. The fraction of sp³-hybridized carbons (Fsp3) is 0. The molecule has 2 N–H and O–H groups in total. The number of rotatable bonds is 0. The first-order valence-corrected chi connectivity index (χ1v) is 2.36. The molecular formula is CH2N2O2S. The molecule has 1 rings (SSSR count). The summed E-state index contributed by atoms with van der Waals surface area (Å²) in [6.45, 7) is 0. The van der Waals surface area contributed by atoms with E-state index in [4.69, 9.17) is 0 Å². The van der Waals surface area contributed by atoms with E-state index in [1.807, 2.05) is 0 Å². The Balaban J connectivity index is 3.21. The monoisotopic (exact) mass is 106 g/mol. The van der Waals surface area contributed by atoms with Crippen molar-refractivity contribution in [3.8, 4) is 0 Å². The molecule has 0 aromatic carbocycles. The molecule has 0 amide bonds. The Labute approximate surface area is 35.7 Å². The van der Waals surface area contributed by atoms with Gasteiger partial charge in [0, 0.05) is 0 Å². The number of hydrogen-bond donors (Lipinski definition) is 2. The lowest BCUT2D eigenvalue weighted by Crippen LogP contribution is -1.74. The molecule has 0 aliphatic carbocycles. The van der Waals surface area contributed by atoms with E-state index in [1.165, 1.54) is 0 Å². The van der Waals surface area contributed by atoms with Crippen molar-refractivity contribution in [3.05, 3.63) is 0 Å². The summed E-state index contributed by atoms with van der Waals surface area (Å²) >= 11 is 0. The van der Waals surface area contributed by atoms with Crippen molar-refractivity contribution in [2.75, 3.05) is 0 Å². The molecule has 1 heterocycles. The minimum Gasteiger partial charge on any atom is -0.196 e. The van der Waals surface area contributed by atoms with Gasteiger partial charge in [0.05, 0.1) is 0 Å². The summed E-state index contributed by atoms with van der Waals surface area (Å²) in [5, 5.41) is 0.176. The maximum absolute atomic E-state index is 9.60. The van der Waals surface area contributed by atoms with Crippen molar-refractivity contribution in [1.29, 1.82) is 0 Å². The Bertz CT molecular complexity index is 164. The molecule has 1 aliphatic rings. The number of hydrazine groups is 1. The molecular weight excluding hydrogens is 104 g/mol. The topological polar surface area (TPSA) is 78.0 Å². The highest BCUT2D eigenvalue weighted by Gasteiger charge is 2.10. The molecule has 1 aliphatic heterocycles. The van der Waals surface area contributed by atoms with Gasteiger partial charge in [0.2, 0.25) is 15.4 Å². The van der Waals surface area contributed by atoms with Gasteiger partial charge in [-0.15, -0.1) is 0 Å². The van der Waals surface area contributed by atoms with E-state index >= 15 is 0 Å². The van der Waals surface area contributed by atoms with E-state index in [-0.39, 0.29) is 5.11 Å². The Morgan fingerprint density at radius 3 is 1.83 bits per heavy atom. The van der Waals surface area contributed by atoms with Crippen LogP contribution in [-0.4, -0.2) is 13.5 Å². The van der Waals surface area contributed by atoms with E-state index in [1.54, 1.807) is 0 Å². The Morgan fingerprint density at radius 1 is 1.33 bits per heavy atom. The lowest BCUT2D eigenvalue weighted by atomic mass is 11.4. The molecule has 5 heteroatoms. The first-order valence-electron chi connectivity index (χ1n) is 1.29. The highest BCUT2D eigenvalue weighted by Crippen LogP contribution is 1.64. The molecule has 34 valence electrons. The highest BCUT2D eigenvalue weighted by atomic mass is 32.2. The molecule has 0 spiro atoms. The van der Waals surface area contributed by atoms with Gasteiger partial charge in [0.1, 0.15) is 0 Å². The summed E-state index contributed by atoms with van der Waals surface area (Å²) in [6.07, 6.45) is 0. The molecule has 0 aromatic rings. The van der Waals surface area contributed by atoms with Crippen LogP contribution in [0, 0.1) is 0 Å². The minimum atomic E-state index is -2.06. The van der Waals surface area contributed by atoms with E-state index in [0.29, 0.717) is 0 Å². The maximum atomic E-state index is 9.60. The van der Waals surface area contributed by atoms with Gasteiger partial charge in [0.15, 0.2) is 0 Å². The highest BCUT2D eigenvalue weighted by molar-refractivity contribution is 7.73. The van der Waals surface area contributed by atoms with Crippen LogP contribution < -0.4 is 10.9 Å². The zero-order valence-corrected chi connectivity index (χ0v) is 3.54. The summed E-state index contributed by atoms with van der Waals surface area (Å²) < 4.78 is 19.2. The van der Waals surface area contributed by atoms with E-state index < -0.39 is 10.3 Å². The first kappa shape index (κ1) is 3.79. The molecule has 1 saturated heterocycles. The van der Waals surface area contributed by atoms with Crippen molar-refractivity contribution in [2.45, 2.75) is 0 Å². The average molecular weight is 106 g/mol. The van der Waals surface area contributed by atoms with Crippen molar-refractivity contribution in [2.24, 2.45) is 0 Å². The quantitative estimate of drug-likeness (QED) is 0.278. The Kier molecular flexibility index (Phi) is 0.655. The fourth-order valence-corrected chi connectivity index (χ4v) is 0.327. The molecule has 1 fully saturated rings. The molecule has 6 heavy (non-hydrogen) atoms. The van der Waals surface area contributed by atoms with Crippen molar-refractivity contribution in [3.63, 3.8) is 0 Å². The smallest absolute Gasteiger partial charge is 0.196 e. The summed E-state index contributed by atoms with van der Waals surface area (Å²) in [6, 6.07) is 0. The zero-order chi connectivity index (χ0) is 4.57. The van der Waals surface area contributed by atoms with E-state index in [2.05, 4.69) is 10.9 Å². The molecule has 0 unspecified atom stereocenters.